The van der Waals surface area contributed by atoms with Crippen molar-refractivity contribution in [3.63, 3.8) is 0 Å². The standard InChI is InChI=1S/C47H52ClN5O10/c1-49-16-18-50(19-17-49)47(58)62-38-25-36-43(33-13-6-5-12-32(33)38)31(26-48)28-51(36)41(54)14-9-21-60-40-24-35-34(23-39(40)59-2)44(55)52-27-30-11-4-3-10-29(30)22-37(52)45(53(35)46(56)57)63-42-15-7-8-20-61-42/h3-6,10-13,23-25,31,37,42,45H,7-9,14-22,26-28H2,1-2H3,(H,56,57)/t31-,37+,42?,45?/m1/s1. The number of benzene rings is 4. The first-order valence-electron chi connectivity index (χ1n) is 21.7. The van der Waals surface area contributed by atoms with E-state index in [4.69, 9.17) is 35.3 Å². The Morgan fingerprint density at radius 3 is 2.38 bits per heavy atom. The van der Waals surface area contributed by atoms with E-state index in [-0.39, 0.29) is 60.1 Å². The number of carbonyl (C=O) groups is 4. The highest BCUT2D eigenvalue weighted by atomic mass is 35.5. The van der Waals surface area contributed by atoms with Gasteiger partial charge in [-0.3, -0.25) is 9.59 Å². The first-order valence-corrected chi connectivity index (χ1v) is 22.3. The Morgan fingerprint density at radius 2 is 1.65 bits per heavy atom. The van der Waals surface area contributed by atoms with Crippen LogP contribution in [0.2, 0.25) is 0 Å². The van der Waals surface area contributed by atoms with Crippen LogP contribution in [0.3, 0.4) is 0 Å². The Morgan fingerprint density at radius 1 is 0.905 bits per heavy atom. The van der Waals surface area contributed by atoms with Crippen LogP contribution in [0.1, 0.15) is 65.1 Å². The van der Waals surface area contributed by atoms with Gasteiger partial charge in [0, 0.05) is 81.6 Å². The molecule has 4 aromatic rings. The first kappa shape index (κ1) is 42.7. The minimum Gasteiger partial charge on any atom is -0.493 e. The molecule has 4 atom stereocenters. The Bertz CT molecular complexity index is 2400. The zero-order valence-electron chi connectivity index (χ0n) is 35.5. The molecule has 0 aliphatic carbocycles. The van der Waals surface area contributed by atoms with Gasteiger partial charge in [-0.2, -0.15) is 0 Å². The van der Waals surface area contributed by atoms with Gasteiger partial charge in [0.2, 0.25) is 5.91 Å². The average Bonchev–Trinajstić information content (AvgIpc) is 3.65. The van der Waals surface area contributed by atoms with Gasteiger partial charge in [-0.05, 0) is 67.3 Å². The number of carboxylic acid groups (broad SMARTS) is 1. The molecule has 2 saturated heterocycles. The molecule has 5 heterocycles. The normalized spacial score (nSPS) is 22.2. The summed E-state index contributed by atoms with van der Waals surface area (Å²) in [5, 5.41) is 12.5. The number of ether oxygens (including phenoxy) is 5. The lowest BCUT2D eigenvalue weighted by atomic mass is 9.92. The zero-order valence-corrected chi connectivity index (χ0v) is 36.3. The molecule has 63 heavy (non-hydrogen) atoms. The van der Waals surface area contributed by atoms with E-state index in [1.807, 2.05) is 55.6 Å². The third-order valence-corrected chi connectivity index (χ3v) is 13.3. The lowest BCUT2D eigenvalue weighted by molar-refractivity contribution is -0.197. The molecule has 0 bridgehead atoms. The number of amides is 4. The van der Waals surface area contributed by atoms with E-state index in [1.165, 1.54) is 19.2 Å². The fourth-order valence-electron chi connectivity index (χ4n) is 9.57. The molecular formula is C47H52ClN5O10. The van der Waals surface area contributed by atoms with Crippen molar-refractivity contribution in [3.05, 3.63) is 89.0 Å². The monoisotopic (exact) mass is 881 g/mol. The molecule has 2 fully saturated rings. The van der Waals surface area contributed by atoms with Gasteiger partial charge >= 0.3 is 12.2 Å². The molecule has 16 heteroatoms. The number of methoxy groups -OCH3 is 1. The number of carbonyl (C=O) groups excluding carboxylic acids is 3. The van der Waals surface area contributed by atoms with Gasteiger partial charge in [0.05, 0.1) is 36.7 Å². The van der Waals surface area contributed by atoms with E-state index >= 15 is 0 Å². The summed E-state index contributed by atoms with van der Waals surface area (Å²) >= 11 is 6.54. The van der Waals surface area contributed by atoms with E-state index in [0.717, 1.165) is 58.3 Å². The van der Waals surface area contributed by atoms with Crippen molar-refractivity contribution in [1.82, 2.24) is 14.7 Å². The second-order valence-electron chi connectivity index (χ2n) is 16.8. The number of fused-ring (bicyclic) bond motifs is 6. The molecule has 4 amide bonds. The minimum atomic E-state index is -1.29. The SMILES string of the molecule is COc1cc2c(cc1OCCCC(=O)N1C[C@@H](CCl)c3c1cc(OC(=O)N1CCN(C)CC1)c1ccccc31)N(C(=O)O)C(OC1CCCCO1)[C@@H]1Cc3ccccc3CN1C2=O. The molecule has 5 aliphatic rings. The Kier molecular flexibility index (Phi) is 12.4. The Balaban J connectivity index is 0.951. The summed E-state index contributed by atoms with van der Waals surface area (Å²) in [5.41, 5.74) is 3.85. The van der Waals surface area contributed by atoms with Gasteiger partial charge in [-0.25, -0.2) is 14.5 Å². The van der Waals surface area contributed by atoms with Gasteiger partial charge in [0.15, 0.2) is 24.0 Å². The van der Waals surface area contributed by atoms with Crippen molar-refractivity contribution in [2.24, 2.45) is 0 Å². The molecule has 0 saturated carbocycles. The van der Waals surface area contributed by atoms with Crippen LogP contribution in [0.15, 0.2) is 66.7 Å². The smallest absolute Gasteiger partial charge is 0.415 e. The topological polar surface area (TPSA) is 151 Å². The first-order chi connectivity index (χ1) is 30.6. The van der Waals surface area contributed by atoms with Crippen LogP contribution in [-0.2, 0) is 27.2 Å². The molecular weight excluding hydrogens is 830 g/mol. The fourth-order valence-corrected chi connectivity index (χ4v) is 9.82. The number of anilines is 2. The third-order valence-electron chi connectivity index (χ3n) is 12.9. The van der Waals surface area contributed by atoms with Crippen molar-refractivity contribution < 1.29 is 48.0 Å². The van der Waals surface area contributed by atoms with Crippen LogP contribution in [0, 0.1) is 0 Å². The Hall–Kier alpha value is -5.61. The molecule has 0 aromatic heterocycles. The van der Waals surface area contributed by atoms with E-state index in [0.29, 0.717) is 62.8 Å². The van der Waals surface area contributed by atoms with Gasteiger partial charge in [-0.1, -0.05) is 48.5 Å². The summed E-state index contributed by atoms with van der Waals surface area (Å²) in [6, 6.07) is 19.7. The summed E-state index contributed by atoms with van der Waals surface area (Å²) in [7, 11) is 3.48. The molecule has 4 aromatic carbocycles. The van der Waals surface area contributed by atoms with Crippen molar-refractivity contribution in [2.75, 3.05) is 75.8 Å². The van der Waals surface area contributed by atoms with Crippen LogP contribution in [0.25, 0.3) is 10.8 Å². The number of rotatable bonds is 10. The average molecular weight is 882 g/mol. The summed E-state index contributed by atoms with van der Waals surface area (Å²) < 4.78 is 30.5. The number of alkyl halides is 1. The molecule has 9 rings (SSSR count). The summed E-state index contributed by atoms with van der Waals surface area (Å²) in [6.07, 6.45) is -0.297. The Labute approximate surface area is 370 Å². The van der Waals surface area contributed by atoms with Gasteiger partial charge in [0.25, 0.3) is 5.91 Å². The zero-order chi connectivity index (χ0) is 43.8. The highest BCUT2D eigenvalue weighted by Crippen LogP contribution is 2.47. The van der Waals surface area contributed by atoms with E-state index in [9.17, 15) is 24.3 Å². The maximum absolute atomic E-state index is 14.5. The number of hydrogen-bond donors (Lipinski definition) is 1. The van der Waals surface area contributed by atoms with Crippen LogP contribution < -0.4 is 24.0 Å². The van der Waals surface area contributed by atoms with Crippen LogP contribution in [0.4, 0.5) is 21.0 Å². The molecule has 332 valence electrons. The summed E-state index contributed by atoms with van der Waals surface area (Å²) in [6.45, 7) is 3.85. The van der Waals surface area contributed by atoms with Crippen molar-refractivity contribution in [1.29, 1.82) is 0 Å². The number of nitrogens with zero attached hydrogens (tertiary/aromatic N) is 5. The van der Waals surface area contributed by atoms with E-state index in [2.05, 4.69) is 4.90 Å². The predicted molar refractivity (Wildman–Crippen MR) is 235 cm³/mol. The van der Waals surface area contributed by atoms with E-state index in [1.54, 1.807) is 20.8 Å². The maximum atomic E-state index is 14.5. The minimum absolute atomic E-state index is 0.0764. The molecule has 15 nitrogen and oxygen atoms in total. The third kappa shape index (κ3) is 8.34. The number of halogens is 1. The highest BCUT2D eigenvalue weighted by Gasteiger charge is 2.47. The highest BCUT2D eigenvalue weighted by molar-refractivity contribution is 6.19. The van der Waals surface area contributed by atoms with Gasteiger partial charge < -0.3 is 48.4 Å². The summed E-state index contributed by atoms with van der Waals surface area (Å²) in [4.78, 5) is 63.7. The van der Waals surface area contributed by atoms with Crippen LogP contribution >= 0.6 is 11.6 Å². The lowest BCUT2D eigenvalue weighted by Crippen LogP contribution is -2.57. The maximum Gasteiger partial charge on any atom is 0.415 e. The molecule has 0 radical (unpaired) electrons. The molecule has 1 N–H and O–H groups in total. The second kappa shape index (κ2) is 18.2. The van der Waals surface area contributed by atoms with Crippen molar-refractivity contribution >= 4 is 57.7 Å². The van der Waals surface area contributed by atoms with Crippen LogP contribution in [0.5, 0.6) is 17.2 Å². The summed E-state index contributed by atoms with van der Waals surface area (Å²) in [5.74, 6) is 0.491. The van der Waals surface area contributed by atoms with Gasteiger partial charge in [-0.15, -0.1) is 11.6 Å². The van der Waals surface area contributed by atoms with Crippen LogP contribution in [-0.4, -0.2) is 128 Å². The van der Waals surface area contributed by atoms with E-state index < -0.39 is 30.7 Å². The molecule has 0 spiro atoms. The number of hydrogen-bond acceptors (Lipinski definition) is 10. The predicted octanol–water partition coefficient (Wildman–Crippen LogP) is 7.06. The largest absolute Gasteiger partial charge is 0.493 e. The number of likely N-dealkylation sites (N-methyl/N-ethyl adjacent to an activating group) is 1. The quantitative estimate of drug-likeness (QED) is 0.129. The van der Waals surface area contributed by atoms with Crippen molar-refractivity contribution in [2.45, 2.75) is 69.5 Å². The van der Waals surface area contributed by atoms with Gasteiger partial charge in [0.1, 0.15) is 5.75 Å². The number of piperazine rings is 1. The fraction of sp³-hybridized carbons (Fsp3) is 0.447. The lowest BCUT2D eigenvalue weighted by Gasteiger charge is -2.42. The molecule has 2 unspecified atom stereocenters. The second-order valence-corrected chi connectivity index (χ2v) is 17.1. The molecule has 5 aliphatic heterocycles. The van der Waals surface area contributed by atoms with Crippen molar-refractivity contribution in [3.8, 4) is 17.2 Å².